The third kappa shape index (κ3) is 3.06. The Morgan fingerprint density at radius 3 is 2.82 bits per heavy atom. The second-order valence-corrected chi connectivity index (χ2v) is 8.12. The molecule has 5 nitrogen and oxygen atoms in total. The van der Waals surface area contributed by atoms with Crippen molar-refractivity contribution in [3.8, 4) is 0 Å². The lowest BCUT2D eigenvalue weighted by Gasteiger charge is -2.16. The Hall–Kier alpha value is -0.950. The predicted octanol–water partition coefficient (Wildman–Crippen LogP) is 2.01. The molecule has 22 heavy (non-hydrogen) atoms. The van der Waals surface area contributed by atoms with Crippen molar-refractivity contribution >= 4 is 29.4 Å². The molecule has 0 bridgehead atoms. The molecule has 2 aliphatic heterocycles. The van der Waals surface area contributed by atoms with Crippen molar-refractivity contribution in [3.63, 3.8) is 0 Å². The molecule has 0 aromatic carbocycles. The van der Waals surface area contributed by atoms with Crippen LogP contribution in [0.2, 0.25) is 0 Å². The van der Waals surface area contributed by atoms with Crippen molar-refractivity contribution in [2.45, 2.75) is 55.0 Å². The Balaban J connectivity index is 1.78. The normalized spacial score (nSPS) is 20.5. The molecular formula is C15H21N3O2S2. The molecule has 1 amide bonds. The summed E-state index contributed by atoms with van der Waals surface area (Å²) in [6, 6.07) is 0. The van der Waals surface area contributed by atoms with Crippen molar-refractivity contribution in [1.29, 1.82) is 0 Å². The second-order valence-electron chi connectivity index (χ2n) is 5.73. The van der Waals surface area contributed by atoms with Gasteiger partial charge >= 0.3 is 0 Å². The molecule has 1 saturated heterocycles. The quantitative estimate of drug-likeness (QED) is 0.620. The van der Waals surface area contributed by atoms with Gasteiger partial charge in [0.25, 0.3) is 5.56 Å². The number of hydrogen-bond acceptors (Lipinski definition) is 5. The number of carbonyl (C=O) groups excluding carboxylic acids is 1. The van der Waals surface area contributed by atoms with Crippen molar-refractivity contribution in [2.75, 3.05) is 18.8 Å². The summed E-state index contributed by atoms with van der Waals surface area (Å²) >= 11 is 3.02. The molecule has 0 unspecified atom stereocenters. The molecule has 120 valence electrons. The van der Waals surface area contributed by atoms with Crippen LogP contribution in [-0.4, -0.2) is 44.5 Å². The van der Waals surface area contributed by atoms with E-state index < -0.39 is 0 Å². The van der Waals surface area contributed by atoms with Gasteiger partial charge in [0.05, 0.1) is 16.3 Å². The summed E-state index contributed by atoms with van der Waals surface area (Å²) in [7, 11) is 0. The van der Waals surface area contributed by atoms with Crippen LogP contribution in [0.15, 0.2) is 14.8 Å². The Labute approximate surface area is 138 Å². The highest BCUT2D eigenvalue weighted by molar-refractivity contribution is 8.00. The largest absolute Gasteiger partial charge is 0.342 e. The Bertz CT molecular complexity index is 638. The molecular weight excluding hydrogens is 318 g/mol. The smallest absolute Gasteiger partial charge is 0.268 e. The fourth-order valence-electron chi connectivity index (χ4n) is 2.90. The van der Waals surface area contributed by atoms with Crippen molar-refractivity contribution < 1.29 is 4.79 Å². The summed E-state index contributed by atoms with van der Waals surface area (Å²) < 4.78 is 1.70. The molecule has 1 aromatic heterocycles. The van der Waals surface area contributed by atoms with Crippen LogP contribution in [0, 0.1) is 0 Å². The highest BCUT2D eigenvalue weighted by Crippen LogP contribution is 2.34. The summed E-state index contributed by atoms with van der Waals surface area (Å²) in [5.74, 6) is 0.524. The number of thioether (sulfide) groups is 2. The van der Waals surface area contributed by atoms with Gasteiger partial charge in [0.1, 0.15) is 0 Å². The van der Waals surface area contributed by atoms with Gasteiger partial charge in [-0.2, -0.15) is 0 Å². The minimum absolute atomic E-state index is 0.0537. The third-order valence-corrected chi connectivity index (χ3v) is 6.24. The molecule has 2 aliphatic rings. The van der Waals surface area contributed by atoms with Gasteiger partial charge in [-0.25, -0.2) is 4.98 Å². The molecule has 0 aliphatic carbocycles. The molecule has 0 N–H and O–H groups in total. The first-order valence-corrected chi connectivity index (χ1v) is 9.67. The van der Waals surface area contributed by atoms with Crippen LogP contribution < -0.4 is 5.56 Å². The summed E-state index contributed by atoms with van der Waals surface area (Å²) in [6.45, 7) is 6.39. The van der Waals surface area contributed by atoms with E-state index in [1.54, 1.807) is 16.3 Å². The summed E-state index contributed by atoms with van der Waals surface area (Å²) in [5, 5.41) is 1.10. The molecule has 0 saturated carbocycles. The lowest BCUT2D eigenvalue weighted by atomic mass is 10.2. The van der Waals surface area contributed by atoms with E-state index in [0.717, 1.165) is 42.9 Å². The highest BCUT2D eigenvalue weighted by Gasteiger charge is 2.26. The van der Waals surface area contributed by atoms with Crippen molar-refractivity contribution in [3.05, 3.63) is 16.0 Å². The lowest BCUT2D eigenvalue weighted by molar-refractivity contribution is -0.127. The second kappa shape index (κ2) is 6.66. The van der Waals surface area contributed by atoms with E-state index in [0.29, 0.717) is 22.7 Å². The fraction of sp³-hybridized carbons (Fsp3) is 0.667. The van der Waals surface area contributed by atoms with Crippen LogP contribution in [0.4, 0.5) is 0 Å². The van der Waals surface area contributed by atoms with Gasteiger partial charge in [-0.1, -0.05) is 18.7 Å². The molecule has 1 aromatic rings. The monoisotopic (exact) mass is 339 g/mol. The Morgan fingerprint density at radius 1 is 1.41 bits per heavy atom. The zero-order chi connectivity index (χ0) is 15.7. The standard InChI is InChI=1S/C15H21N3O2S2/c1-3-18-14(20)13-11(8-10(2)22-13)16-15(18)21-9-12(19)17-6-4-5-7-17/h10H,3-9H2,1-2H3/t10-/m1/s1. The summed E-state index contributed by atoms with van der Waals surface area (Å²) in [4.78, 5) is 32.1. The predicted molar refractivity (Wildman–Crippen MR) is 89.7 cm³/mol. The maximum atomic E-state index is 12.6. The maximum absolute atomic E-state index is 12.6. The maximum Gasteiger partial charge on any atom is 0.268 e. The first kappa shape index (κ1) is 15.9. The number of hydrogen-bond donors (Lipinski definition) is 0. The van der Waals surface area contributed by atoms with Gasteiger partial charge in [-0.3, -0.25) is 14.2 Å². The average molecular weight is 339 g/mol. The van der Waals surface area contributed by atoms with Gasteiger partial charge in [-0.15, -0.1) is 11.8 Å². The highest BCUT2D eigenvalue weighted by atomic mass is 32.2. The van der Waals surface area contributed by atoms with E-state index >= 15 is 0 Å². The van der Waals surface area contributed by atoms with Gasteiger partial charge in [0.2, 0.25) is 5.91 Å². The summed E-state index contributed by atoms with van der Waals surface area (Å²) in [6.07, 6.45) is 3.04. The van der Waals surface area contributed by atoms with Gasteiger partial charge in [0.15, 0.2) is 5.16 Å². The van der Waals surface area contributed by atoms with E-state index in [1.807, 2.05) is 11.8 Å². The van der Waals surface area contributed by atoms with E-state index in [-0.39, 0.29) is 11.5 Å². The van der Waals surface area contributed by atoms with Gasteiger partial charge in [0, 0.05) is 31.3 Å². The van der Waals surface area contributed by atoms with E-state index in [1.165, 1.54) is 11.8 Å². The van der Waals surface area contributed by atoms with Crippen LogP contribution in [0.5, 0.6) is 0 Å². The van der Waals surface area contributed by atoms with Crippen LogP contribution >= 0.6 is 23.5 Å². The lowest BCUT2D eigenvalue weighted by Crippen LogP contribution is -2.30. The number of amides is 1. The summed E-state index contributed by atoms with van der Waals surface area (Å²) in [5.41, 5.74) is 0.960. The molecule has 1 fully saturated rings. The SMILES string of the molecule is CCn1c(SCC(=O)N2CCCC2)nc2c(c1=O)S[C@H](C)C2. The van der Waals surface area contributed by atoms with Crippen molar-refractivity contribution in [2.24, 2.45) is 0 Å². The third-order valence-electron chi connectivity index (χ3n) is 4.06. The molecule has 1 atom stereocenters. The first-order valence-electron chi connectivity index (χ1n) is 7.81. The molecule has 0 radical (unpaired) electrons. The Morgan fingerprint density at radius 2 is 2.14 bits per heavy atom. The van der Waals surface area contributed by atoms with Crippen LogP contribution in [-0.2, 0) is 17.8 Å². The van der Waals surface area contributed by atoms with E-state index in [4.69, 9.17) is 0 Å². The van der Waals surface area contributed by atoms with E-state index in [2.05, 4.69) is 11.9 Å². The number of aromatic nitrogens is 2. The van der Waals surface area contributed by atoms with Crippen molar-refractivity contribution in [1.82, 2.24) is 14.5 Å². The van der Waals surface area contributed by atoms with E-state index in [9.17, 15) is 9.59 Å². The molecule has 7 heteroatoms. The zero-order valence-corrected chi connectivity index (χ0v) is 14.6. The van der Waals surface area contributed by atoms with Crippen LogP contribution in [0.1, 0.15) is 32.4 Å². The fourth-order valence-corrected chi connectivity index (χ4v) is 5.00. The zero-order valence-electron chi connectivity index (χ0n) is 13.0. The molecule has 3 rings (SSSR count). The number of likely N-dealkylation sites (tertiary alicyclic amines) is 1. The average Bonchev–Trinajstić information content (AvgIpc) is 3.14. The van der Waals surface area contributed by atoms with Gasteiger partial charge in [-0.05, 0) is 19.8 Å². The van der Waals surface area contributed by atoms with Crippen LogP contribution in [0.3, 0.4) is 0 Å². The molecule has 3 heterocycles. The minimum atomic E-state index is 0.0537. The number of rotatable bonds is 4. The van der Waals surface area contributed by atoms with Crippen LogP contribution in [0.25, 0.3) is 0 Å². The topological polar surface area (TPSA) is 55.2 Å². The van der Waals surface area contributed by atoms with Gasteiger partial charge < -0.3 is 4.90 Å². The molecule has 0 spiro atoms. The first-order chi connectivity index (χ1) is 10.6. The number of carbonyl (C=O) groups is 1. The minimum Gasteiger partial charge on any atom is -0.342 e. The number of nitrogens with zero attached hydrogens (tertiary/aromatic N) is 3. The number of fused-ring (bicyclic) bond motifs is 1. The Kier molecular flexibility index (Phi) is 4.82.